The molecule has 0 bridgehead atoms. The summed E-state index contributed by atoms with van der Waals surface area (Å²) in [6.07, 6.45) is 1.44. The summed E-state index contributed by atoms with van der Waals surface area (Å²) in [5.41, 5.74) is 1.51. The third-order valence-electron chi connectivity index (χ3n) is 3.93. The summed E-state index contributed by atoms with van der Waals surface area (Å²) in [4.78, 5) is 12.3. The number of anilines is 1. The number of halogens is 2. The van der Waals surface area contributed by atoms with E-state index < -0.39 is 15.9 Å². The second-order valence-corrected chi connectivity index (χ2v) is 8.52. The smallest absolute Gasteiger partial charge is 0.255 e. The standard InChI is InChI=1S/C19H16Cl2N2O4S/c1-12-4-6-14(10-17(12)21)23-19(24)13-5-7-16(20)18(9-13)28(25,26)22-11-15-3-2-8-27-15/h2-10,22H,11H2,1H3,(H,23,24). The van der Waals surface area contributed by atoms with Gasteiger partial charge < -0.3 is 9.73 Å². The number of carbonyl (C=O) groups is 1. The molecule has 9 heteroatoms. The normalized spacial score (nSPS) is 11.4. The minimum Gasteiger partial charge on any atom is -0.468 e. The Morgan fingerprint density at radius 1 is 1.07 bits per heavy atom. The zero-order valence-electron chi connectivity index (χ0n) is 14.7. The van der Waals surface area contributed by atoms with Crippen LogP contribution in [-0.4, -0.2) is 14.3 Å². The quantitative estimate of drug-likeness (QED) is 0.587. The Balaban J connectivity index is 1.81. The maximum atomic E-state index is 12.6. The Hall–Kier alpha value is -2.32. The highest BCUT2D eigenvalue weighted by atomic mass is 35.5. The van der Waals surface area contributed by atoms with Gasteiger partial charge in [0.25, 0.3) is 5.91 Å². The molecule has 0 unspecified atom stereocenters. The van der Waals surface area contributed by atoms with Crippen LogP contribution in [0.15, 0.2) is 64.1 Å². The fourth-order valence-electron chi connectivity index (χ4n) is 2.38. The molecule has 3 aromatic rings. The average molecular weight is 439 g/mol. The summed E-state index contributed by atoms with van der Waals surface area (Å²) in [5.74, 6) is -0.0380. The minimum atomic E-state index is -3.95. The second kappa shape index (κ2) is 8.36. The number of carbonyl (C=O) groups excluding carboxylic acids is 1. The minimum absolute atomic E-state index is 0.00174. The lowest BCUT2D eigenvalue weighted by Gasteiger charge is -2.11. The van der Waals surface area contributed by atoms with Gasteiger partial charge in [0, 0.05) is 16.3 Å². The summed E-state index contributed by atoms with van der Waals surface area (Å²) in [7, 11) is -3.95. The summed E-state index contributed by atoms with van der Waals surface area (Å²) in [6.45, 7) is 1.81. The van der Waals surface area contributed by atoms with Crippen LogP contribution >= 0.6 is 23.2 Å². The van der Waals surface area contributed by atoms with Gasteiger partial charge in [-0.15, -0.1) is 0 Å². The van der Waals surface area contributed by atoms with Crippen molar-refractivity contribution in [1.82, 2.24) is 4.72 Å². The van der Waals surface area contributed by atoms with Crippen LogP contribution in [0, 0.1) is 6.92 Å². The molecule has 0 radical (unpaired) electrons. The molecule has 2 N–H and O–H groups in total. The Bertz CT molecular complexity index is 1110. The van der Waals surface area contributed by atoms with Gasteiger partial charge in [0.1, 0.15) is 10.7 Å². The third-order valence-corrected chi connectivity index (χ3v) is 6.22. The number of aryl methyl sites for hydroxylation is 1. The Kier molecular flexibility index (Phi) is 6.10. The molecule has 3 rings (SSSR count). The maximum absolute atomic E-state index is 12.6. The number of benzene rings is 2. The van der Waals surface area contributed by atoms with E-state index in [1.165, 1.54) is 24.5 Å². The second-order valence-electron chi connectivity index (χ2n) is 5.97. The first kappa shape index (κ1) is 20.4. The predicted molar refractivity (Wildman–Crippen MR) is 108 cm³/mol. The summed E-state index contributed by atoms with van der Waals surface area (Å²) < 4.78 is 32.7. The number of sulfonamides is 1. The first-order chi connectivity index (χ1) is 13.3. The van der Waals surface area contributed by atoms with Crippen LogP contribution < -0.4 is 10.0 Å². The molecule has 0 aliphatic rings. The summed E-state index contributed by atoms with van der Waals surface area (Å²) in [5, 5.41) is 3.20. The molecule has 2 aromatic carbocycles. The van der Waals surface area contributed by atoms with Gasteiger partial charge in [-0.05, 0) is 55.0 Å². The van der Waals surface area contributed by atoms with Crippen LogP contribution in [-0.2, 0) is 16.6 Å². The first-order valence-electron chi connectivity index (χ1n) is 8.15. The van der Waals surface area contributed by atoms with E-state index >= 15 is 0 Å². The number of hydrogen-bond donors (Lipinski definition) is 2. The van der Waals surface area contributed by atoms with E-state index in [1.54, 1.807) is 30.3 Å². The first-order valence-corrected chi connectivity index (χ1v) is 10.4. The van der Waals surface area contributed by atoms with Gasteiger partial charge in [-0.1, -0.05) is 29.3 Å². The van der Waals surface area contributed by atoms with Crippen molar-refractivity contribution in [2.24, 2.45) is 0 Å². The molecule has 0 atom stereocenters. The van der Waals surface area contributed by atoms with E-state index in [-0.39, 0.29) is 22.0 Å². The van der Waals surface area contributed by atoms with Crippen LogP contribution in [0.2, 0.25) is 10.0 Å². The summed E-state index contributed by atoms with van der Waals surface area (Å²) in [6, 6.07) is 12.4. The highest BCUT2D eigenvalue weighted by Crippen LogP contribution is 2.24. The van der Waals surface area contributed by atoms with Crippen LogP contribution in [0.3, 0.4) is 0 Å². The Morgan fingerprint density at radius 3 is 2.54 bits per heavy atom. The predicted octanol–water partition coefficient (Wildman–Crippen LogP) is 4.63. The van der Waals surface area contributed by atoms with E-state index in [0.29, 0.717) is 16.5 Å². The molecule has 0 saturated carbocycles. The van der Waals surface area contributed by atoms with Crippen LogP contribution in [0.1, 0.15) is 21.7 Å². The lowest BCUT2D eigenvalue weighted by molar-refractivity contribution is 0.102. The van der Waals surface area contributed by atoms with Gasteiger partial charge in [0.2, 0.25) is 10.0 Å². The highest BCUT2D eigenvalue weighted by molar-refractivity contribution is 7.89. The SMILES string of the molecule is Cc1ccc(NC(=O)c2ccc(Cl)c(S(=O)(=O)NCc3ccco3)c2)cc1Cl. The van der Waals surface area contributed by atoms with Crippen molar-refractivity contribution in [1.29, 1.82) is 0 Å². The zero-order chi connectivity index (χ0) is 20.3. The maximum Gasteiger partial charge on any atom is 0.255 e. The molecule has 28 heavy (non-hydrogen) atoms. The van der Waals surface area contributed by atoms with Gasteiger partial charge in [0.05, 0.1) is 17.8 Å². The number of nitrogens with one attached hydrogen (secondary N) is 2. The molecular weight excluding hydrogens is 423 g/mol. The number of furan rings is 1. The molecule has 0 aliphatic heterocycles. The van der Waals surface area contributed by atoms with E-state index in [4.69, 9.17) is 27.6 Å². The Labute approximate surface area is 172 Å². The van der Waals surface area contributed by atoms with Gasteiger partial charge in [-0.3, -0.25) is 4.79 Å². The van der Waals surface area contributed by atoms with Crippen LogP contribution in [0.5, 0.6) is 0 Å². The zero-order valence-corrected chi connectivity index (χ0v) is 17.0. The fourth-order valence-corrected chi connectivity index (χ4v) is 4.08. The van der Waals surface area contributed by atoms with E-state index in [0.717, 1.165) is 5.56 Å². The average Bonchev–Trinajstić information content (AvgIpc) is 3.17. The summed E-state index contributed by atoms with van der Waals surface area (Å²) >= 11 is 12.1. The molecule has 6 nitrogen and oxygen atoms in total. The van der Waals surface area contributed by atoms with E-state index in [1.807, 2.05) is 6.92 Å². The number of amides is 1. The fraction of sp³-hybridized carbons (Fsp3) is 0.105. The molecule has 1 heterocycles. The van der Waals surface area contributed by atoms with Gasteiger partial charge in [-0.2, -0.15) is 0 Å². The van der Waals surface area contributed by atoms with Crippen molar-refractivity contribution in [3.8, 4) is 0 Å². The lowest BCUT2D eigenvalue weighted by atomic mass is 10.2. The van der Waals surface area contributed by atoms with Crippen molar-refractivity contribution >= 4 is 44.8 Å². The molecular formula is C19H16Cl2N2O4S. The van der Waals surface area contributed by atoms with Gasteiger partial charge in [0.15, 0.2) is 0 Å². The topological polar surface area (TPSA) is 88.4 Å². The van der Waals surface area contributed by atoms with E-state index in [9.17, 15) is 13.2 Å². The molecule has 1 amide bonds. The number of hydrogen-bond acceptors (Lipinski definition) is 4. The molecule has 146 valence electrons. The molecule has 0 saturated heterocycles. The van der Waals surface area contributed by atoms with Crippen molar-refractivity contribution in [3.63, 3.8) is 0 Å². The highest BCUT2D eigenvalue weighted by Gasteiger charge is 2.20. The van der Waals surface area contributed by atoms with Gasteiger partial charge >= 0.3 is 0 Å². The monoisotopic (exact) mass is 438 g/mol. The van der Waals surface area contributed by atoms with Crippen LogP contribution in [0.4, 0.5) is 5.69 Å². The third kappa shape index (κ3) is 4.74. The van der Waals surface area contributed by atoms with Crippen LogP contribution in [0.25, 0.3) is 0 Å². The van der Waals surface area contributed by atoms with E-state index in [2.05, 4.69) is 10.0 Å². The van der Waals surface area contributed by atoms with Crippen molar-refractivity contribution in [2.45, 2.75) is 18.4 Å². The number of rotatable bonds is 6. The van der Waals surface area contributed by atoms with Crippen molar-refractivity contribution in [3.05, 3.63) is 81.7 Å². The lowest BCUT2D eigenvalue weighted by Crippen LogP contribution is -2.24. The van der Waals surface area contributed by atoms with Gasteiger partial charge in [-0.25, -0.2) is 13.1 Å². The van der Waals surface area contributed by atoms with Crippen molar-refractivity contribution < 1.29 is 17.6 Å². The molecule has 0 fully saturated rings. The van der Waals surface area contributed by atoms with Crippen molar-refractivity contribution in [2.75, 3.05) is 5.32 Å². The Morgan fingerprint density at radius 2 is 1.86 bits per heavy atom. The molecule has 0 spiro atoms. The molecule has 0 aliphatic carbocycles. The molecule has 1 aromatic heterocycles. The largest absolute Gasteiger partial charge is 0.468 e.